The van der Waals surface area contributed by atoms with Gasteiger partial charge in [-0.25, -0.2) is 9.78 Å². The molecule has 2 aromatic rings. The third-order valence-electron chi connectivity index (χ3n) is 2.55. The van der Waals surface area contributed by atoms with Gasteiger partial charge in [-0.1, -0.05) is 5.16 Å². The molecule has 0 fully saturated rings. The van der Waals surface area contributed by atoms with Crippen molar-refractivity contribution in [1.29, 1.82) is 0 Å². The fraction of sp³-hybridized carbons (Fsp3) is 0.333. The molecule has 0 atom stereocenters. The smallest absolute Gasteiger partial charge is 0.340 e. The number of carbonyl (C=O) groups excluding carboxylic acids is 1. The van der Waals surface area contributed by atoms with E-state index in [4.69, 9.17) is 10.3 Å². The highest BCUT2D eigenvalue weighted by Crippen LogP contribution is 2.15. The van der Waals surface area contributed by atoms with Gasteiger partial charge < -0.3 is 20.3 Å². The number of carbonyl (C=O) groups is 1. The Hall–Kier alpha value is -2.64. The van der Waals surface area contributed by atoms with E-state index in [0.29, 0.717) is 30.5 Å². The van der Waals surface area contributed by atoms with Crippen LogP contribution in [0.25, 0.3) is 0 Å². The van der Waals surface area contributed by atoms with Crippen LogP contribution in [0.15, 0.2) is 16.8 Å². The lowest BCUT2D eigenvalue weighted by atomic mass is 10.2. The van der Waals surface area contributed by atoms with Crippen molar-refractivity contribution in [3.05, 3.63) is 29.5 Å². The number of methoxy groups -OCH3 is 1. The second-order valence-corrected chi connectivity index (χ2v) is 4.06. The number of nitrogens with two attached hydrogens (primary N) is 1. The number of nitrogen functional groups attached to an aromatic ring is 1. The molecule has 0 aliphatic rings. The molecule has 8 heteroatoms. The van der Waals surface area contributed by atoms with Crippen LogP contribution in [0.5, 0.6) is 0 Å². The third kappa shape index (κ3) is 3.22. The normalized spacial score (nSPS) is 10.3. The summed E-state index contributed by atoms with van der Waals surface area (Å²) in [4.78, 5) is 19.7. The Morgan fingerprint density at radius 3 is 3.00 bits per heavy atom. The SMILES string of the molecule is COC(=O)c1cc(NCCc2nc(C)no2)ncc1N. The molecule has 0 radical (unpaired) electrons. The zero-order valence-corrected chi connectivity index (χ0v) is 11.2. The van der Waals surface area contributed by atoms with Crippen LogP contribution in [-0.2, 0) is 11.2 Å². The number of nitrogens with one attached hydrogen (secondary N) is 1. The number of ether oxygens (including phenoxy) is 1. The Morgan fingerprint density at radius 1 is 1.55 bits per heavy atom. The standard InChI is InChI=1S/C12H15N5O3/c1-7-16-11(20-17-7)3-4-14-10-5-8(12(18)19-2)9(13)6-15-10/h5-6H,3-4,13H2,1-2H3,(H,14,15). The van der Waals surface area contributed by atoms with Gasteiger partial charge in [-0.2, -0.15) is 4.98 Å². The molecule has 0 saturated heterocycles. The zero-order chi connectivity index (χ0) is 14.5. The fourth-order valence-electron chi connectivity index (χ4n) is 1.59. The van der Waals surface area contributed by atoms with E-state index in [1.807, 2.05) is 0 Å². The van der Waals surface area contributed by atoms with E-state index in [1.54, 1.807) is 13.0 Å². The Morgan fingerprint density at radius 2 is 2.35 bits per heavy atom. The predicted molar refractivity (Wildman–Crippen MR) is 71.2 cm³/mol. The molecule has 0 aliphatic carbocycles. The van der Waals surface area contributed by atoms with Crippen LogP contribution in [0.1, 0.15) is 22.1 Å². The summed E-state index contributed by atoms with van der Waals surface area (Å²) in [7, 11) is 1.30. The van der Waals surface area contributed by atoms with Crippen molar-refractivity contribution in [2.75, 3.05) is 24.7 Å². The first-order chi connectivity index (χ1) is 9.60. The van der Waals surface area contributed by atoms with Gasteiger partial charge in [0.1, 0.15) is 5.82 Å². The van der Waals surface area contributed by atoms with Gasteiger partial charge in [0.15, 0.2) is 5.82 Å². The number of hydrogen-bond donors (Lipinski definition) is 2. The largest absolute Gasteiger partial charge is 0.465 e. The summed E-state index contributed by atoms with van der Waals surface area (Å²) in [5.41, 5.74) is 6.21. The number of anilines is 2. The summed E-state index contributed by atoms with van der Waals surface area (Å²) in [6.45, 7) is 2.30. The molecule has 0 amide bonds. The van der Waals surface area contributed by atoms with Crippen molar-refractivity contribution < 1.29 is 14.1 Å². The number of esters is 1. The van der Waals surface area contributed by atoms with E-state index >= 15 is 0 Å². The molecular weight excluding hydrogens is 262 g/mol. The van der Waals surface area contributed by atoms with Gasteiger partial charge in [0.2, 0.25) is 5.89 Å². The zero-order valence-electron chi connectivity index (χ0n) is 11.2. The molecule has 106 valence electrons. The second kappa shape index (κ2) is 6.00. The third-order valence-corrected chi connectivity index (χ3v) is 2.55. The second-order valence-electron chi connectivity index (χ2n) is 4.06. The summed E-state index contributed by atoms with van der Waals surface area (Å²) < 4.78 is 9.63. The molecule has 2 heterocycles. The molecule has 0 unspecified atom stereocenters. The lowest BCUT2D eigenvalue weighted by Crippen LogP contribution is -2.10. The monoisotopic (exact) mass is 277 g/mol. The molecule has 0 aromatic carbocycles. The Bertz CT molecular complexity index is 611. The molecule has 20 heavy (non-hydrogen) atoms. The van der Waals surface area contributed by atoms with Crippen molar-refractivity contribution in [2.24, 2.45) is 0 Å². The number of nitrogens with zero attached hydrogens (tertiary/aromatic N) is 3. The van der Waals surface area contributed by atoms with Gasteiger partial charge in [0, 0.05) is 13.0 Å². The predicted octanol–water partition coefficient (Wildman–Crippen LogP) is 0.796. The Labute approximate surface area is 115 Å². The summed E-state index contributed by atoms with van der Waals surface area (Å²) in [5.74, 6) is 1.16. The minimum Gasteiger partial charge on any atom is -0.465 e. The highest BCUT2D eigenvalue weighted by molar-refractivity contribution is 5.95. The average molecular weight is 277 g/mol. The maximum atomic E-state index is 11.5. The highest BCUT2D eigenvalue weighted by Gasteiger charge is 2.11. The number of rotatable bonds is 5. The van der Waals surface area contributed by atoms with Crippen molar-refractivity contribution in [2.45, 2.75) is 13.3 Å². The van der Waals surface area contributed by atoms with Crippen LogP contribution in [0.4, 0.5) is 11.5 Å². The van der Waals surface area contributed by atoms with E-state index in [2.05, 4.69) is 25.2 Å². The maximum Gasteiger partial charge on any atom is 0.340 e. The van der Waals surface area contributed by atoms with Crippen LogP contribution in [0, 0.1) is 6.92 Å². The van der Waals surface area contributed by atoms with E-state index in [9.17, 15) is 4.79 Å². The lowest BCUT2D eigenvalue weighted by molar-refractivity contribution is 0.0602. The molecule has 0 bridgehead atoms. The minimum absolute atomic E-state index is 0.273. The van der Waals surface area contributed by atoms with Gasteiger partial charge >= 0.3 is 5.97 Å². The molecule has 2 aromatic heterocycles. The van der Waals surface area contributed by atoms with Crippen molar-refractivity contribution in [3.63, 3.8) is 0 Å². The summed E-state index contributed by atoms with van der Waals surface area (Å²) in [6, 6.07) is 1.54. The number of aromatic nitrogens is 3. The van der Waals surface area contributed by atoms with E-state index in [0.717, 1.165) is 0 Å². The van der Waals surface area contributed by atoms with Crippen LogP contribution < -0.4 is 11.1 Å². The maximum absolute atomic E-state index is 11.5. The van der Waals surface area contributed by atoms with Crippen LogP contribution in [-0.4, -0.2) is 34.7 Å². The molecule has 0 aliphatic heterocycles. The molecule has 2 rings (SSSR count). The molecule has 3 N–H and O–H groups in total. The number of hydrogen-bond acceptors (Lipinski definition) is 8. The summed E-state index contributed by atoms with van der Waals surface area (Å²) in [6.07, 6.45) is 1.96. The summed E-state index contributed by atoms with van der Waals surface area (Å²) in [5, 5.41) is 6.74. The first kappa shape index (κ1) is 13.8. The van der Waals surface area contributed by atoms with E-state index in [1.165, 1.54) is 13.3 Å². The fourth-order valence-corrected chi connectivity index (χ4v) is 1.59. The van der Waals surface area contributed by atoms with Crippen LogP contribution in [0.3, 0.4) is 0 Å². The van der Waals surface area contributed by atoms with Gasteiger partial charge in [-0.3, -0.25) is 0 Å². The molecule has 0 saturated carbocycles. The first-order valence-corrected chi connectivity index (χ1v) is 5.97. The van der Waals surface area contributed by atoms with Crippen molar-refractivity contribution in [3.8, 4) is 0 Å². The first-order valence-electron chi connectivity index (χ1n) is 5.97. The summed E-state index contributed by atoms with van der Waals surface area (Å²) >= 11 is 0. The van der Waals surface area contributed by atoms with E-state index in [-0.39, 0.29) is 11.3 Å². The molecular formula is C12H15N5O3. The molecule has 8 nitrogen and oxygen atoms in total. The topological polar surface area (TPSA) is 116 Å². The minimum atomic E-state index is -0.500. The Kier molecular flexibility index (Phi) is 4.14. The van der Waals surface area contributed by atoms with Crippen LogP contribution in [0.2, 0.25) is 0 Å². The van der Waals surface area contributed by atoms with Gasteiger partial charge in [0.25, 0.3) is 0 Å². The van der Waals surface area contributed by atoms with Crippen molar-refractivity contribution in [1.82, 2.24) is 15.1 Å². The van der Waals surface area contributed by atoms with Crippen LogP contribution >= 0.6 is 0 Å². The van der Waals surface area contributed by atoms with Gasteiger partial charge in [-0.05, 0) is 13.0 Å². The quantitative estimate of drug-likeness (QED) is 0.771. The highest BCUT2D eigenvalue weighted by atomic mass is 16.5. The number of pyridine rings is 1. The Balaban J connectivity index is 1.97. The van der Waals surface area contributed by atoms with E-state index < -0.39 is 5.97 Å². The van der Waals surface area contributed by atoms with Crippen molar-refractivity contribution >= 4 is 17.5 Å². The molecule has 0 spiro atoms. The van der Waals surface area contributed by atoms with Gasteiger partial charge in [0.05, 0.1) is 24.6 Å². The number of aryl methyl sites for hydroxylation is 1. The average Bonchev–Trinajstić information content (AvgIpc) is 2.85. The van der Waals surface area contributed by atoms with Gasteiger partial charge in [-0.15, -0.1) is 0 Å². The lowest BCUT2D eigenvalue weighted by Gasteiger charge is -2.07.